The standard InChI is InChI=1S/C18H23N3O3/c1-12(2)21-11-15(18(23)24)17(22)14-5-4-13(10-16(14)21)20-8-6-19(3)7-9-20/h4-5,10-12H,6-9H2,1-3H3,(H,23,24). The van der Waals surface area contributed by atoms with E-state index >= 15 is 0 Å². The van der Waals surface area contributed by atoms with E-state index < -0.39 is 11.4 Å². The van der Waals surface area contributed by atoms with Gasteiger partial charge < -0.3 is 19.5 Å². The van der Waals surface area contributed by atoms with Gasteiger partial charge >= 0.3 is 5.97 Å². The number of aromatic nitrogens is 1. The van der Waals surface area contributed by atoms with Crippen LogP contribution in [0, 0.1) is 0 Å². The minimum Gasteiger partial charge on any atom is -0.477 e. The summed E-state index contributed by atoms with van der Waals surface area (Å²) < 4.78 is 1.87. The predicted molar refractivity (Wildman–Crippen MR) is 95.3 cm³/mol. The summed E-state index contributed by atoms with van der Waals surface area (Å²) in [5.74, 6) is -1.18. The second-order valence-corrected chi connectivity index (χ2v) is 6.67. The first-order valence-electron chi connectivity index (χ1n) is 8.24. The monoisotopic (exact) mass is 329 g/mol. The third-order valence-corrected chi connectivity index (χ3v) is 4.67. The molecule has 1 N–H and O–H groups in total. The van der Waals surface area contributed by atoms with Crippen LogP contribution in [-0.4, -0.2) is 53.8 Å². The van der Waals surface area contributed by atoms with Crippen LogP contribution in [0.15, 0.2) is 29.2 Å². The number of fused-ring (bicyclic) bond motifs is 1. The summed E-state index contributed by atoms with van der Waals surface area (Å²) in [6, 6.07) is 5.75. The van der Waals surface area contributed by atoms with Crippen LogP contribution in [0.1, 0.15) is 30.2 Å². The number of likely N-dealkylation sites (N-methyl/N-ethyl adjacent to an activating group) is 1. The van der Waals surface area contributed by atoms with E-state index in [9.17, 15) is 14.7 Å². The van der Waals surface area contributed by atoms with E-state index in [4.69, 9.17) is 0 Å². The van der Waals surface area contributed by atoms with Crippen molar-refractivity contribution in [3.8, 4) is 0 Å². The molecule has 0 saturated carbocycles. The molecule has 1 aromatic carbocycles. The summed E-state index contributed by atoms with van der Waals surface area (Å²) in [6.07, 6.45) is 1.46. The lowest BCUT2D eigenvalue weighted by Gasteiger charge is -2.34. The molecule has 6 heteroatoms. The van der Waals surface area contributed by atoms with E-state index in [1.165, 1.54) is 6.20 Å². The molecule has 1 aromatic heterocycles. The van der Waals surface area contributed by atoms with E-state index in [2.05, 4.69) is 16.8 Å². The number of rotatable bonds is 3. The number of hydrogen-bond acceptors (Lipinski definition) is 4. The first-order chi connectivity index (χ1) is 11.4. The first kappa shape index (κ1) is 16.5. The highest BCUT2D eigenvalue weighted by Crippen LogP contribution is 2.24. The van der Waals surface area contributed by atoms with E-state index in [0.717, 1.165) is 37.4 Å². The molecule has 1 fully saturated rings. The van der Waals surface area contributed by atoms with Crippen molar-refractivity contribution in [2.24, 2.45) is 0 Å². The first-order valence-corrected chi connectivity index (χ1v) is 8.24. The van der Waals surface area contributed by atoms with Gasteiger partial charge in [0, 0.05) is 49.5 Å². The van der Waals surface area contributed by atoms with Gasteiger partial charge in [0.15, 0.2) is 0 Å². The highest BCUT2D eigenvalue weighted by molar-refractivity contribution is 5.93. The molecule has 0 unspecified atom stereocenters. The second kappa shape index (κ2) is 6.28. The summed E-state index contributed by atoms with van der Waals surface area (Å²) in [5.41, 5.74) is 1.27. The van der Waals surface area contributed by atoms with Gasteiger partial charge in [0.2, 0.25) is 5.43 Å². The van der Waals surface area contributed by atoms with Crippen LogP contribution < -0.4 is 10.3 Å². The minimum absolute atomic E-state index is 0.0638. The van der Waals surface area contributed by atoms with E-state index in [1.807, 2.05) is 30.5 Å². The smallest absolute Gasteiger partial charge is 0.341 e. The Labute approximate surface area is 140 Å². The van der Waals surface area contributed by atoms with Crippen molar-refractivity contribution in [1.82, 2.24) is 9.47 Å². The molecule has 6 nitrogen and oxygen atoms in total. The number of carboxylic acids is 1. The molecule has 0 spiro atoms. The Balaban J connectivity index is 2.15. The Bertz CT molecular complexity index is 833. The van der Waals surface area contributed by atoms with Crippen LogP contribution in [0.4, 0.5) is 5.69 Å². The van der Waals surface area contributed by atoms with Crippen molar-refractivity contribution in [2.75, 3.05) is 38.1 Å². The molecule has 0 amide bonds. The maximum atomic E-state index is 12.5. The zero-order valence-electron chi connectivity index (χ0n) is 14.3. The van der Waals surface area contributed by atoms with Crippen LogP contribution in [0.2, 0.25) is 0 Å². The molecule has 1 aliphatic heterocycles. The molecule has 128 valence electrons. The fraction of sp³-hybridized carbons (Fsp3) is 0.444. The predicted octanol–water partition coefficient (Wildman–Crippen LogP) is 2.03. The molecule has 2 aromatic rings. The molecule has 0 bridgehead atoms. The van der Waals surface area contributed by atoms with Crippen LogP contribution in [0.5, 0.6) is 0 Å². The highest BCUT2D eigenvalue weighted by Gasteiger charge is 2.19. The van der Waals surface area contributed by atoms with Gasteiger partial charge in [-0.1, -0.05) is 0 Å². The van der Waals surface area contributed by atoms with Gasteiger partial charge in [-0.2, -0.15) is 0 Å². The number of nitrogens with zero attached hydrogens (tertiary/aromatic N) is 3. The number of benzene rings is 1. The fourth-order valence-corrected chi connectivity index (χ4v) is 3.18. The van der Waals surface area contributed by atoms with E-state index in [1.54, 1.807) is 6.07 Å². The number of pyridine rings is 1. The lowest BCUT2D eigenvalue weighted by Crippen LogP contribution is -2.44. The zero-order chi connectivity index (χ0) is 17.4. The normalized spacial score (nSPS) is 16.1. The van der Waals surface area contributed by atoms with E-state index in [0.29, 0.717) is 5.39 Å². The van der Waals surface area contributed by atoms with Gasteiger partial charge in [-0.15, -0.1) is 0 Å². The van der Waals surface area contributed by atoms with Crippen LogP contribution in [0.25, 0.3) is 10.9 Å². The topological polar surface area (TPSA) is 65.8 Å². The highest BCUT2D eigenvalue weighted by atomic mass is 16.4. The molecular formula is C18H23N3O3. The Morgan fingerprint density at radius 3 is 2.42 bits per heavy atom. The molecule has 3 rings (SSSR count). The number of piperazine rings is 1. The molecule has 2 heterocycles. The van der Waals surface area contributed by atoms with Crippen molar-refractivity contribution in [2.45, 2.75) is 19.9 Å². The van der Waals surface area contributed by atoms with Crippen molar-refractivity contribution in [3.05, 3.63) is 40.2 Å². The number of carboxylic acid groups (broad SMARTS) is 1. The molecular weight excluding hydrogens is 306 g/mol. The summed E-state index contributed by atoms with van der Waals surface area (Å²) in [6.45, 7) is 7.87. The van der Waals surface area contributed by atoms with Crippen molar-refractivity contribution in [1.29, 1.82) is 0 Å². The van der Waals surface area contributed by atoms with Gasteiger partial charge in [0.25, 0.3) is 0 Å². The number of aromatic carboxylic acids is 1. The Morgan fingerprint density at radius 2 is 1.83 bits per heavy atom. The lowest BCUT2D eigenvalue weighted by molar-refractivity contribution is 0.0695. The maximum absolute atomic E-state index is 12.5. The summed E-state index contributed by atoms with van der Waals surface area (Å²) >= 11 is 0. The van der Waals surface area contributed by atoms with Crippen LogP contribution in [0.3, 0.4) is 0 Å². The third kappa shape index (κ3) is 2.89. The van der Waals surface area contributed by atoms with Gasteiger partial charge in [-0.25, -0.2) is 4.79 Å². The van der Waals surface area contributed by atoms with Gasteiger partial charge in [0.1, 0.15) is 5.56 Å². The maximum Gasteiger partial charge on any atom is 0.341 e. The fourth-order valence-electron chi connectivity index (χ4n) is 3.18. The van der Waals surface area contributed by atoms with Crippen molar-refractivity contribution >= 4 is 22.6 Å². The summed E-state index contributed by atoms with van der Waals surface area (Å²) in [5, 5.41) is 9.75. The molecule has 0 aliphatic carbocycles. The number of carbonyl (C=O) groups is 1. The average molecular weight is 329 g/mol. The summed E-state index contributed by atoms with van der Waals surface area (Å²) in [7, 11) is 2.11. The lowest BCUT2D eigenvalue weighted by atomic mass is 10.1. The van der Waals surface area contributed by atoms with Gasteiger partial charge in [0.05, 0.1) is 5.52 Å². The SMILES string of the molecule is CC(C)n1cc(C(=O)O)c(=O)c2ccc(N3CCN(C)CC3)cc21. The second-order valence-electron chi connectivity index (χ2n) is 6.67. The molecule has 24 heavy (non-hydrogen) atoms. The zero-order valence-corrected chi connectivity index (χ0v) is 14.3. The average Bonchev–Trinajstić information content (AvgIpc) is 2.55. The third-order valence-electron chi connectivity index (χ3n) is 4.67. The Morgan fingerprint density at radius 1 is 1.17 bits per heavy atom. The molecule has 1 saturated heterocycles. The number of anilines is 1. The van der Waals surface area contributed by atoms with Gasteiger partial charge in [-0.3, -0.25) is 4.79 Å². The largest absolute Gasteiger partial charge is 0.477 e. The Hall–Kier alpha value is -2.34. The number of hydrogen-bond donors (Lipinski definition) is 1. The molecule has 0 radical (unpaired) electrons. The van der Waals surface area contributed by atoms with E-state index in [-0.39, 0.29) is 11.6 Å². The Kier molecular flexibility index (Phi) is 4.32. The van der Waals surface area contributed by atoms with Gasteiger partial charge in [-0.05, 0) is 39.1 Å². The summed E-state index contributed by atoms with van der Waals surface area (Å²) in [4.78, 5) is 28.4. The van der Waals surface area contributed by atoms with Crippen molar-refractivity contribution in [3.63, 3.8) is 0 Å². The van der Waals surface area contributed by atoms with Crippen LogP contribution >= 0.6 is 0 Å². The quantitative estimate of drug-likeness (QED) is 0.933. The van der Waals surface area contributed by atoms with Crippen molar-refractivity contribution < 1.29 is 9.90 Å². The van der Waals surface area contributed by atoms with Crippen LogP contribution in [-0.2, 0) is 0 Å². The minimum atomic E-state index is -1.18. The molecule has 1 aliphatic rings. The molecule has 0 atom stereocenters.